The summed E-state index contributed by atoms with van der Waals surface area (Å²) in [5, 5.41) is 3.90. The third-order valence-electron chi connectivity index (χ3n) is 8.58. The minimum atomic E-state index is -2.57. The fourth-order valence-corrected chi connectivity index (χ4v) is 14.1. The summed E-state index contributed by atoms with van der Waals surface area (Å²) in [5.74, 6) is 5.18. The van der Waals surface area contributed by atoms with Crippen molar-refractivity contribution in [1.82, 2.24) is 0 Å². The quantitative estimate of drug-likeness (QED) is 0.473. The van der Waals surface area contributed by atoms with Crippen molar-refractivity contribution in [2.45, 2.75) is 64.3 Å². The van der Waals surface area contributed by atoms with E-state index >= 15 is 0 Å². The molecule has 2 heteroatoms. The van der Waals surface area contributed by atoms with Crippen LogP contribution in [-0.4, -0.2) is 14.0 Å². The smallest absolute Gasteiger partial charge is 0.162 e. The molecule has 4 fully saturated rings. The second-order valence-electron chi connectivity index (χ2n) is 11.4. The van der Waals surface area contributed by atoms with Crippen LogP contribution in [-0.2, 0) is 4.79 Å². The van der Waals surface area contributed by atoms with Gasteiger partial charge in [0, 0.05) is 5.20 Å². The first-order chi connectivity index (χ1) is 14.4. The molecule has 156 valence electrons. The van der Waals surface area contributed by atoms with Gasteiger partial charge in [-0.1, -0.05) is 81.4 Å². The molecule has 0 aromatic heterocycles. The average molecular weight is 415 g/mol. The summed E-state index contributed by atoms with van der Waals surface area (Å²) in [5.41, 5.74) is 0.0711. The monoisotopic (exact) mass is 414 g/mol. The predicted octanol–water partition coefficient (Wildman–Crippen LogP) is 5.56. The molecule has 0 unspecified atom stereocenters. The van der Waals surface area contributed by atoms with Gasteiger partial charge in [-0.05, 0) is 77.1 Å². The SMILES string of the molecule is CC(C)(C)[Si](C(=C=O)C12CC3CC(CC(C3)C1)C2)(c1ccccc1)c1ccccc1. The van der Waals surface area contributed by atoms with E-state index in [4.69, 9.17) is 0 Å². The Kier molecular flexibility index (Phi) is 4.72. The van der Waals surface area contributed by atoms with Crippen LogP contribution in [0, 0.1) is 23.2 Å². The van der Waals surface area contributed by atoms with E-state index in [1.807, 2.05) is 0 Å². The molecular weight excluding hydrogens is 380 g/mol. The fraction of sp³-hybridized carbons (Fsp3) is 0.500. The van der Waals surface area contributed by atoms with Crippen LogP contribution in [0.15, 0.2) is 65.9 Å². The van der Waals surface area contributed by atoms with E-state index in [1.165, 1.54) is 54.1 Å². The van der Waals surface area contributed by atoms with Gasteiger partial charge in [0.2, 0.25) is 0 Å². The number of benzene rings is 2. The maximum Gasteiger partial charge on any atom is 0.162 e. The number of rotatable bonds is 4. The fourth-order valence-electron chi connectivity index (χ4n) is 8.07. The van der Waals surface area contributed by atoms with E-state index in [0.29, 0.717) is 0 Å². The molecule has 0 heterocycles. The molecule has 4 bridgehead atoms. The van der Waals surface area contributed by atoms with Crippen LogP contribution in [0.2, 0.25) is 5.04 Å². The highest BCUT2D eigenvalue weighted by molar-refractivity contribution is 7.10. The van der Waals surface area contributed by atoms with Gasteiger partial charge in [-0.25, -0.2) is 4.79 Å². The molecule has 2 aromatic rings. The standard InChI is InChI=1S/C28H34OSi/c1-27(2,3)30(24-10-6-4-7-11-24,25-12-8-5-9-13-25)26(20-29)28-17-21-14-22(18-28)16-23(15-21)19-28/h4-13,21-23H,14-19H2,1-3H3. The highest BCUT2D eigenvalue weighted by atomic mass is 28.3. The molecule has 4 aliphatic carbocycles. The molecule has 0 saturated heterocycles. The molecule has 0 N–H and O–H groups in total. The summed E-state index contributed by atoms with van der Waals surface area (Å²) in [4.78, 5) is 13.1. The summed E-state index contributed by atoms with van der Waals surface area (Å²) < 4.78 is 0. The second kappa shape index (κ2) is 7.07. The Labute approximate surface area is 182 Å². The Morgan fingerprint density at radius 1 is 0.800 bits per heavy atom. The van der Waals surface area contributed by atoms with E-state index < -0.39 is 8.07 Å². The molecule has 4 saturated carbocycles. The minimum absolute atomic E-state index is 0.0220. The first-order valence-electron chi connectivity index (χ1n) is 11.8. The van der Waals surface area contributed by atoms with Gasteiger partial charge in [-0.3, -0.25) is 0 Å². The molecule has 0 spiro atoms. The molecule has 0 aliphatic heterocycles. The van der Waals surface area contributed by atoms with E-state index in [0.717, 1.165) is 17.8 Å². The topological polar surface area (TPSA) is 17.1 Å². The van der Waals surface area contributed by atoms with Crippen LogP contribution >= 0.6 is 0 Å². The Bertz CT molecular complexity index is 888. The average Bonchev–Trinajstić information content (AvgIpc) is 2.71. The normalized spacial score (nSPS) is 30.2. The minimum Gasteiger partial charge on any atom is -0.234 e. The predicted molar refractivity (Wildman–Crippen MR) is 127 cm³/mol. The van der Waals surface area contributed by atoms with Crippen LogP contribution in [0.5, 0.6) is 0 Å². The highest BCUT2D eigenvalue weighted by Crippen LogP contribution is 2.64. The largest absolute Gasteiger partial charge is 0.234 e. The van der Waals surface area contributed by atoms with Crippen molar-refractivity contribution in [3.8, 4) is 0 Å². The Balaban J connectivity index is 1.79. The third-order valence-corrected chi connectivity index (χ3v) is 14.6. The number of hydrogen-bond donors (Lipinski definition) is 0. The van der Waals surface area contributed by atoms with Gasteiger partial charge in [0.05, 0.1) is 0 Å². The Hall–Kier alpha value is -1.89. The zero-order valence-corrected chi connectivity index (χ0v) is 19.7. The maximum absolute atomic E-state index is 13.1. The number of hydrogen-bond acceptors (Lipinski definition) is 1. The van der Waals surface area contributed by atoms with Crippen LogP contribution in [0.3, 0.4) is 0 Å². The van der Waals surface area contributed by atoms with Crippen LogP contribution in [0.1, 0.15) is 59.3 Å². The Morgan fingerprint density at radius 2 is 1.20 bits per heavy atom. The van der Waals surface area contributed by atoms with Gasteiger partial charge >= 0.3 is 0 Å². The van der Waals surface area contributed by atoms with Gasteiger partial charge in [-0.2, -0.15) is 0 Å². The Morgan fingerprint density at radius 3 is 1.53 bits per heavy atom. The molecular formula is C28H34OSi. The van der Waals surface area contributed by atoms with Crippen molar-refractivity contribution in [1.29, 1.82) is 0 Å². The third kappa shape index (κ3) is 2.84. The lowest BCUT2D eigenvalue weighted by Gasteiger charge is -2.60. The second-order valence-corrected chi connectivity index (χ2v) is 16.1. The van der Waals surface area contributed by atoms with Crippen molar-refractivity contribution < 1.29 is 4.79 Å². The molecule has 0 amide bonds. The van der Waals surface area contributed by atoms with Gasteiger partial charge in [0.25, 0.3) is 0 Å². The summed E-state index contributed by atoms with van der Waals surface area (Å²) in [6.07, 6.45) is 7.83. The van der Waals surface area contributed by atoms with E-state index in [2.05, 4.69) is 87.4 Å². The summed E-state index contributed by atoms with van der Waals surface area (Å²) in [7, 11) is -2.57. The van der Waals surface area contributed by atoms with Crippen molar-refractivity contribution in [3.63, 3.8) is 0 Å². The van der Waals surface area contributed by atoms with Gasteiger partial charge < -0.3 is 0 Å². The van der Waals surface area contributed by atoms with Crippen molar-refractivity contribution in [2.24, 2.45) is 23.2 Å². The van der Waals surface area contributed by atoms with Crippen molar-refractivity contribution in [2.75, 3.05) is 0 Å². The maximum atomic E-state index is 13.1. The molecule has 1 nitrogen and oxygen atoms in total. The lowest BCUT2D eigenvalue weighted by molar-refractivity contribution is -0.0265. The molecule has 4 aliphatic rings. The first kappa shape index (κ1) is 20.0. The van der Waals surface area contributed by atoms with Crippen molar-refractivity contribution in [3.05, 3.63) is 65.9 Å². The van der Waals surface area contributed by atoms with Gasteiger partial charge in [-0.15, -0.1) is 0 Å². The van der Waals surface area contributed by atoms with Crippen LogP contribution < -0.4 is 10.4 Å². The molecule has 0 radical (unpaired) electrons. The van der Waals surface area contributed by atoms with Gasteiger partial charge in [0.1, 0.15) is 5.94 Å². The number of allylic oxidation sites excluding steroid dienone is 1. The summed E-state index contributed by atoms with van der Waals surface area (Å²) in [6, 6.07) is 22.0. The lowest BCUT2D eigenvalue weighted by atomic mass is 9.49. The van der Waals surface area contributed by atoms with Crippen LogP contribution in [0.4, 0.5) is 0 Å². The molecule has 6 rings (SSSR count). The summed E-state index contributed by atoms with van der Waals surface area (Å²) >= 11 is 0. The lowest BCUT2D eigenvalue weighted by Crippen LogP contribution is -2.69. The van der Waals surface area contributed by atoms with Gasteiger partial charge in [0.15, 0.2) is 8.07 Å². The molecule has 2 aromatic carbocycles. The zero-order valence-electron chi connectivity index (χ0n) is 18.7. The first-order valence-corrected chi connectivity index (χ1v) is 13.8. The highest BCUT2D eigenvalue weighted by Gasteiger charge is 2.61. The molecule has 30 heavy (non-hydrogen) atoms. The zero-order chi connectivity index (χ0) is 21.0. The summed E-state index contributed by atoms with van der Waals surface area (Å²) in [6.45, 7) is 7.12. The molecule has 0 atom stereocenters. The van der Waals surface area contributed by atoms with Crippen molar-refractivity contribution >= 4 is 24.4 Å². The van der Waals surface area contributed by atoms with E-state index in [9.17, 15) is 4.79 Å². The number of carbonyl (C=O) groups excluding carboxylic acids is 1. The van der Waals surface area contributed by atoms with E-state index in [1.54, 1.807) is 0 Å². The van der Waals surface area contributed by atoms with E-state index in [-0.39, 0.29) is 10.5 Å². The van der Waals surface area contributed by atoms with Crippen LogP contribution in [0.25, 0.3) is 0 Å².